The highest BCUT2D eigenvalue weighted by Gasteiger charge is 2.32. The Morgan fingerprint density at radius 2 is 1.86 bits per heavy atom. The van der Waals surface area contributed by atoms with E-state index in [-0.39, 0.29) is 11.9 Å². The largest absolute Gasteiger partial charge is 0.304 e. The lowest BCUT2D eigenvalue weighted by Crippen LogP contribution is -2.36. The molecule has 0 fully saturated rings. The summed E-state index contributed by atoms with van der Waals surface area (Å²) in [5.74, 6) is -0.0192. The number of pyridine rings is 1. The molecule has 3 nitrogen and oxygen atoms in total. The molecule has 22 heavy (non-hydrogen) atoms. The van der Waals surface area contributed by atoms with Crippen LogP contribution in [0.15, 0.2) is 60.8 Å². The number of nitrogens with zero attached hydrogens (tertiary/aromatic N) is 2. The molecule has 0 radical (unpaired) electrons. The summed E-state index contributed by atoms with van der Waals surface area (Å²) < 4.78 is 0. The molecule has 1 aliphatic rings. The van der Waals surface area contributed by atoms with Crippen LogP contribution < -0.4 is 4.90 Å². The van der Waals surface area contributed by atoms with Crippen LogP contribution in [-0.4, -0.2) is 16.9 Å². The van der Waals surface area contributed by atoms with Gasteiger partial charge >= 0.3 is 0 Å². The minimum absolute atomic E-state index is 0.0192. The number of benzene rings is 2. The lowest BCUT2D eigenvalue weighted by atomic mass is 10.1. The summed E-state index contributed by atoms with van der Waals surface area (Å²) in [6.07, 6.45) is 2.61. The fraction of sp³-hybridized carbons (Fsp3) is 0.158. The van der Waals surface area contributed by atoms with Crippen LogP contribution in [0.2, 0.25) is 0 Å². The van der Waals surface area contributed by atoms with Crippen LogP contribution in [0.4, 0.5) is 5.69 Å². The number of para-hydroxylation sites is 1. The smallest absolute Gasteiger partial charge is 0.277 e. The highest BCUT2D eigenvalue weighted by molar-refractivity contribution is 6.13. The predicted octanol–water partition coefficient (Wildman–Crippen LogP) is 3.83. The van der Waals surface area contributed by atoms with Crippen LogP contribution in [-0.2, 0) is 6.42 Å². The molecule has 0 bridgehead atoms. The van der Waals surface area contributed by atoms with E-state index >= 15 is 0 Å². The van der Waals surface area contributed by atoms with Gasteiger partial charge in [-0.2, -0.15) is 0 Å². The predicted molar refractivity (Wildman–Crippen MR) is 88.2 cm³/mol. The van der Waals surface area contributed by atoms with E-state index in [9.17, 15) is 4.79 Å². The topological polar surface area (TPSA) is 33.2 Å². The second-order valence-corrected chi connectivity index (χ2v) is 5.74. The van der Waals surface area contributed by atoms with Crippen molar-refractivity contribution in [2.24, 2.45) is 0 Å². The first-order valence-electron chi connectivity index (χ1n) is 7.51. The van der Waals surface area contributed by atoms with E-state index < -0.39 is 0 Å². The average molecular weight is 288 g/mol. The summed E-state index contributed by atoms with van der Waals surface area (Å²) in [4.78, 5) is 19.3. The third kappa shape index (κ3) is 1.90. The fourth-order valence-electron chi connectivity index (χ4n) is 3.28. The molecule has 1 atom stereocenters. The molecular weight excluding hydrogens is 272 g/mol. The van der Waals surface area contributed by atoms with Crippen molar-refractivity contribution in [2.75, 3.05) is 4.90 Å². The number of carbonyl (C=O) groups excluding carboxylic acids is 1. The van der Waals surface area contributed by atoms with Crippen molar-refractivity contribution in [2.45, 2.75) is 19.4 Å². The Bertz CT molecular complexity index is 867. The average Bonchev–Trinajstić information content (AvgIpc) is 2.89. The number of fused-ring (bicyclic) bond motifs is 2. The van der Waals surface area contributed by atoms with Gasteiger partial charge in [-0.05, 0) is 36.4 Å². The number of hydrogen-bond acceptors (Lipinski definition) is 2. The van der Waals surface area contributed by atoms with Gasteiger partial charge in [0, 0.05) is 23.3 Å². The van der Waals surface area contributed by atoms with Crippen molar-refractivity contribution >= 4 is 22.4 Å². The van der Waals surface area contributed by atoms with Gasteiger partial charge in [0.15, 0.2) is 0 Å². The molecule has 0 saturated heterocycles. The lowest BCUT2D eigenvalue weighted by molar-refractivity contribution is 0.0978. The molecule has 0 spiro atoms. The SMILES string of the molecule is CC1Cc2ccccc2N1C(=O)c1nccc2ccccc12. The molecule has 0 aliphatic carbocycles. The molecular formula is C19H16N2O. The Labute approximate surface area is 129 Å². The molecule has 2 aromatic carbocycles. The standard InChI is InChI=1S/C19H16N2O/c1-13-12-15-7-3-5-9-17(15)21(13)19(22)18-16-8-4-2-6-14(16)10-11-20-18/h2-11,13H,12H2,1H3. The maximum absolute atomic E-state index is 13.1. The Balaban J connectivity index is 1.85. The van der Waals surface area contributed by atoms with E-state index in [0.717, 1.165) is 22.9 Å². The minimum Gasteiger partial charge on any atom is -0.304 e. The number of carbonyl (C=O) groups is 1. The van der Waals surface area contributed by atoms with Crippen molar-refractivity contribution in [3.63, 3.8) is 0 Å². The zero-order chi connectivity index (χ0) is 15.1. The molecule has 1 aliphatic heterocycles. The minimum atomic E-state index is -0.0192. The summed E-state index contributed by atoms with van der Waals surface area (Å²) in [5, 5.41) is 1.95. The molecule has 3 aromatic rings. The zero-order valence-corrected chi connectivity index (χ0v) is 12.4. The highest BCUT2D eigenvalue weighted by atomic mass is 16.2. The monoisotopic (exact) mass is 288 g/mol. The molecule has 1 unspecified atom stereocenters. The number of amides is 1. The van der Waals surface area contributed by atoms with Crippen molar-refractivity contribution in [3.05, 3.63) is 72.1 Å². The molecule has 0 saturated carbocycles. The van der Waals surface area contributed by atoms with Crippen LogP contribution in [0, 0.1) is 0 Å². The Hall–Kier alpha value is -2.68. The molecule has 4 rings (SSSR count). The first kappa shape index (κ1) is 13.0. The van der Waals surface area contributed by atoms with Gasteiger partial charge in [0.05, 0.1) is 0 Å². The second-order valence-electron chi connectivity index (χ2n) is 5.74. The molecule has 2 heterocycles. The van der Waals surface area contributed by atoms with Crippen molar-refractivity contribution in [1.82, 2.24) is 4.98 Å². The number of aromatic nitrogens is 1. The Kier molecular flexibility index (Phi) is 2.93. The van der Waals surface area contributed by atoms with Gasteiger partial charge in [-0.1, -0.05) is 42.5 Å². The number of rotatable bonds is 1. The normalized spacial score (nSPS) is 16.8. The van der Waals surface area contributed by atoms with Gasteiger partial charge in [-0.25, -0.2) is 0 Å². The van der Waals surface area contributed by atoms with Crippen molar-refractivity contribution in [1.29, 1.82) is 0 Å². The quantitative estimate of drug-likeness (QED) is 0.682. The summed E-state index contributed by atoms with van der Waals surface area (Å²) in [6.45, 7) is 2.09. The first-order chi connectivity index (χ1) is 10.8. The summed E-state index contributed by atoms with van der Waals surface area (Å²) >= 11 is 0. The maximum Gasteiger partial charge on any atom is 0.277 e. The molecule has 1 aromatic heterocycles. The number of hydrogen-bond donors (Lipinski definition) is 0. The van der Waals surface area contributed by atoms with E-state index in [0.29, 0.717) is 5.69 Å². The molecule has 108 valence electrons. The summed E-state index contributed by atoms with van der Waals surface area (Å²) in [6, 6.07) is 18.1. The zero-order valence-electron chi connectivity index (χ0n) is 12.4. The third-order valence-electron chi connectivity index (χ3n) is 4.30. The summed E-state index contributed by atoms with van der Waals surface area (Å²) in [5.41, 5.74) is 2.76. The van der Waals surface area contributed by atoms with Gasteiger partial charge in [0.2, 0.25) is 0 Å². The van der Waals surface area contributed by atoms with Crippen molar-refractivity contribution < 1.29 is 4.79 Å². The second kappa shape index (κ2) is 4.95. The van der Waals surface area contributed by atoms with Gasteiger partial charge < -0.3 is 4.90 Å². The lowest BCUT2D eigenvalue weighted by Gasteiger charge is -2.22. The fourth-order valence-corrected chi connectivity index (χ4v) is 3.28. The molecule has 0 N–H and O–H groups in total. The van der Waals surface area contributed by atoms with Crippen LogP contribution in [0.1, 0.15) is 23.0 Å². The van der Waals surface area contributed by atoms with E-state index in [1.807, 2.05) is 53.4 Å². The van der Waals surface area contributed by atoms with Crippen LogP contribution in [0.25, 0.3) is 10.8 Å². The van der Waals surface area contributed by atoms with Gasteiger partial charge in [0.1, 0.15) is 5.69 Å². The molecule has 1 amide bonds. The highest BCUT2D eigenvalue weighted by Crippen LogP contribution is 2.33. The van der Waals surface area contributed by atoms with Crippen LogP contribution >= 0.6 is 0 Å². The first-order valence-corrected chi connectivity index (χ1v) is 7.51. The Morgan fingerprint density at radius 3 is 2.77 bits per heavy atom. The van der Waals surface area contributed by atoms with E-state index in [2.05, 4.69) is 18.0 Å². The van der Waals surface area contributed by atoms with Crippen LogP contribution in [0.3, 0.4) is 0 Å². The van der Waals surface area contributed by atoms with E-state index in [1.54, 1.807) is 6.20 Å². The van der Waals surface area contributed by atoms with Crippen LogP contribution in [0.5, 0.6) is 0 Å². The molecule has 3 heteroatoms. The number of anilines is 1. The van der Waals surface area contributed by atoms with Gasteiger partial charge in [0.25, 0.3) is 5.91 Å². The van der Waals surface area contributed by atoms with E-state index in [4.69, 9.17) is 0 Å². The van der Waals surface area contributed by atoms with E-state index in [1.165, 1.54) is 5.56 Å². The summed E-state index contributed by atoms with van der Waals surface area (Å²) in [7, 11) is 0. The van der Waals surface area contributed by atoms with Gasteiger partial charge in [-0.3, -0.25) is 9.78 Å². The van der Waals surface area contributed by atoms with Crippen molar-refractivity contribution in [3.8, 4) is 0 Å². The maximum atomic E-state index is 13.1. The van der Waals surface area contributed by atoms with Gasteiger partial charge in [-0.15, -0.1) is 0 Å². The Morgan fingerprint density at radius 1 is 1.09 bits per heavy atom. The third-order valence-corrected chi connectivity index (χ3v) is 4.30.